The Morgan fingerprint density at radius 1 is 1.00 bits per heavy atom. The SMILES string of the molecule is CN1c2ccccc2C(=O)N2CCc3c(n(CCC(=O)N[C@@H](Cc4ccccc4)C(=O)O)c4ccccc34)[C@@H]21. The topological polar surface area (TPSA) is 94.9 Å². The number of amides is 2. The Balaban J connectivity index is 1.31. The fourth-order valence-electron chi connectivity index (χ4n) is 6.08. The molecule has 198 valence electrons. The first-order chi connectivity index (χ1) is 18.9. The predicted molar refractivity (Wildman–Crippen MR) is 149 cm³/mol. The average Bonchev–Trinajstić information content (AvgIpc) is 3.28. The van der Waals surface area contributed by atoms with Crippen LogP contribution < -0.4 is 10.2 Å². The van der Waals surface area contributed by atoms with E-state index in [1.807, 2.05) is 84.7 Å². The molecule has 6 rings (SSSR count). The van der Waals surface area contributed by atoms with Gasteiger partial charge in [-0.25, -0.2) is 4.79 Å². The lowest BCUT2D eigenvalue weighted by molar-refractivity contribution is -0.141. The quantitative estimate of drug-likeness (QED) is 0.383. The van der Waals surface area contributed by atoms with Gasteiger partial charge < -0.3 is 24.8 Å². The monoisotopic (exact) mass is 522 g/mol. The molecule has 3 aromatic carbocycles. The third kappa shape index (κ3) is 4.31. The number of anilines is 1. The van der Waals surface area contributed by atoms with Crippen LogP contribution in [0, 0.1) is 0 Å². The normalized spacial score (nSPS) is 16.8. The van der Waals surface area contributed by atoms with E-state index in [-0.39, 0.29) is 30.8 Å². The number of rotatable bonds is 7. The van der Waals surface area contributed by atoms with Crippen molar-refractivity contribution in [2.24, 2.45) is 0 Å². The number of hydrogen-bond acceptors (Lipinski definition) is 4. The number of carbonyl (C=O) groups is 3. The Kier molecular flexibility index (Phi) is 6.30. The predicted octanol–water partition coefficient (Wildman–Crippen LogP) is 3.99. The summed E-state index contributed by atoms with van der Waals surface area (Å²) in [6.07, 6.45) is 0.764. The molecule has 8 nitrogen and oxygen atoms in total. The summed E-state index contributed by atoms with van der Waals surface area (Å²) in [4.78, 5) is 42.5. The first-order valence-electron chi connectivity index (χ1n) is 13.2. The number of nitrogens with zero attached hydrogens (tertiary/aromatic N) is 3. The molecule has 2 amide bonds. The lowest BCUT2D eigenvalue weighted by Crippen LogP contribution is -2.51. The van der Waals surface area contributed by atoms with Crippen LogP contribution in [-0.4, -0.2) is 52.0 Å². The number of aliphatic carboxylic acids is 1. The average molecular weight is 523 g/mol. The van der Waals surface area contributed by atoms with Gasteiger partial charge in [0.05, 0.1) is 16.9 Å². The smallest absolute Gasteiger partial charge is 0.326 e. The number of carboxylic acids is 1. The van der Waals surface area contributed by atoms with Gasteiger partial charge in [0, 0.05) is 43.9 Å². The van der Waals surface area contributed by atoms with Gasteiger partial charge in [-0.05, 0) is 35.7 Å². The van der Waals surface area contributed by atoms with Crippen molar-refractivity contribution in [1.82, 2.24) is 14.8 Å². The minimum Gasteiger partial charge on any atom is -0.480 e. The molecule has 4 aromatic rings. The van der Waals surface area contributed by atoms with Crippen LogP contribution in [0.15, 0.2) is 78.9 Å². The summed E-state index contributed by atoms with van der Waals surface area (Å²) in [6.45, 7) is 0.983. The molecule has 0 saturated carbocycles. The third-order valence-corrected chi connectivity index (χ3v) is 7.88. The van der Waals surface area contributed by atoms with Gasteiger partial charge >= 0.3 is 5.97 Å². The minimum atomic E-state index is -1.06. The van der Waals surface area contributed by atoms with E-state index in [1.165, 1.54) is 5.56 Å². The lowest BCUT2D eigenvalue weighted by atomic mass is 9.96. The van der Waals surface area contributed by atoms with Crippen LogP contribution in [0.25, 0.3) is 10.9 Å². The summed E-state index contributed by atoms with van der Waals surface area (Å²) < 4.78 is 2.14. The highest BCUT2D eigenvalue weighted by atomic mass is 16.4. The van der Waals surface area contributed by atoms with Crippen molar-refractivity contribution in [3.05, 3.63) is 101 Å². The molecule has 8 heteroatoms. The van der Waals surface area contributed by atoms with Crippen LogP contribution in [0.2, 0.25) is 0 Å². The number of hydrogen-bond donors (Lipinski definition) is 2. The highest BCUT2D eigenvalue weighted by molar-refractivity contribution is 6.02. The number of aryl methyl sites for hydroxylation is 1. The van der Waals surface area contributed by atoms with Crippen molar-refractivity contribution in [2.45, 2.75) is 38.0 Å². The second-order valence-corrected chi connectivity index (χ2v) is 10.2. The molecule has 2 aliphatic rings. The maximum Gasteiger partial charge on any atom is 0.326 e. The molecule has 0 radical (unpaired) electrons. The van der Waals surface area contributed by atoms with E-state index in [4.69, 9.17) is 0 Å². The van der Waals surface area contributed by atoms with E-state index in [2.05, 4.69) is 20.9 Å². The maximum absolute atomic E-state index is 13.5. The molecule has 0 bridgehead atoms. The summed E-state index contributed by atoms with van der Waals surface area (Å²) in [5.41, 5.74) is 5.65. The van der Waals surface area contributed by atoms with Gasteiger partial charge in [-0.1, -0.05) is 60.7 Å². The zero-order valence-corrected chi connectivity index (χ0v) is 21.7. The number of nitrogens with one attached hydrogen (secondary N) is 1. The second-order valence-electron chi connectivity index (χ2n) is 10.2. The van der Waals surface area contributed by atoms with Crippen molar-refractivity contribution in [3.63, 3.8) is 0 Å². The van der Waals surface area contributed by atoms with Crippen LogP contribution in [-0.2, 0) is 29.0 Å². The first-order valence-corrected chi connectivity index (χ1v) is 13.2. The Labute approximate surface area is 226 Å². The number of fused-ring (bicyclic) bond motifs is 6. The van der Waals surface area contributed by atoms with Crippen LogP contribution in [0.5, 0.6) is 0 Å². The Morgan fingerprint density at radius 2 is 1.72 bits per heavy atom. The lowest BCUT2D eigenvalue weighted by Gasteiger charge is -2.46. The molecule has 0 saturated heterocycles. The van der Waals surface area contributed by atoms with Crippen LogP contribution in [0.3, 0.4) is 0 Å². The van der Waals surface area contributed by atoms with Gasteiger partial charge in [0.25, 0.3) is 5.91 Å². The van der Waals surface area contributed by atoms with Gasteiger partial charge in [-0.15, -0.1) is 0 Å². The summed E-state index contributed by atoms with van der Waals surface area (Å²) >= 11 is 0. The van der Waals surface area contributed by atoms with Crippen molar-refractivity contribution in [3.8, 4) is 0 Å². The molecule has 0 fully saturated rings. The Hall–Kier alpha value is -4.59. The molecule has 1 aromatic heterocycles. The molecule has 39 heavy (non-hydrogen) atoms. The standard InChI is InChI=1S/C31H30N4O4/c1-33-25-13-7-6-12-23(25)30(37)35-17-15-22-21-11-5-8-14-26(21)34(28(22)29(33)35)18-16-27(36)32-24(31(38)39)19-20-9-3-2-4-10-20/h2-14,24,29H,15-19H2,1H3,(H,32,36)(H,38,39)/t24-,29+/m0/s1. The fraction of sp³-hybridized carbons (Fsp3) is 0.258. The van der Waals surface area contributed by atoms with Crippen molar-refractivity contribution < 1.29 is 19.5 Å². The van der Waals surface area contributed by atoms with Gasteiger partial charge in [0.1, 0.15) is 12.2 Å². The zero-order valence-electron chi connectivity index (χ0n) is 21.7. The molecule has 2 atom stereocenters. The van der Waals surface area contributed by atoms with Gasteiger partial charge in [0.2, 0.25) is 5.91 Å². The highest BCUT2D eigenvalue weighted by Crippen LogP contribution is 2.44. The van der Waals surface area contributed by atoms with Crippen molar-refractivity contribution in [1.29, 1.82) is 0 Å². The number of carboxylic acid groups (broad SMARTS) is 1. The number of carbonyl (C=O) groups excluding carboxylic acids is 2. The van der Waals surface area contributed by atoms with E-state index in [0.29, 0.717) is 18.7 Å². The van der Waals surface area contributed by atoms with Gasteiger partial charge in [0.15, 0.2) is 0 Å². The summed E-state index contributed by atoms with van der Waals surface area (Å²) in [5.74, 6) is -1.37. The van der Waals surface area contributed by atoms with E-state index >= 15 is 0 Å². The first kappa shape index (κ1) is 24.7. The van der Waals surface area contributed by atoms with Crippen LogP contribution in [0.1, 0.15) is 39.8 Å². The maximum atomic E-state index is 13.5. The summed E-state index contributed by atoms with van der Waals surface area (Å²) in [5, 5.41) is 13.6. The molecule has 0 unspecified atom stereocenters. The van der Waals surface area contributed by atoms with Crippen molar-refractivity contribution in [2.75, 3.05) is 18.5 Å². The fourth-order valence-corrected chi connectivity index (χ4v) is 6.08. The van der Waals surface area contributed by atoms with Crippen LogP contribution in [0.4, 0.5) is 5.69 Å². The minimum absolute atomic E-state index is 0.0131. The van der Waals surface area contributed by atoms with Gasteiger partial charge in [-0.2, -0.15) is 0 Å². The zero-order chi connectivity index (χ0) is 27.1. The largest absolute Gasteiger partial charge is 0.480 e. The van der Waals surface area contributed by atoms with E-state index in [1.54, 1.807) is 0 Å². The molecule has 2 N–H and O–H groups in total. The summed E-state index contributed by atoms with van der Waals surface area (Å²) in [6, 6.07) is 24.1. The molecule has 0 aliphatic carbocycles. The molecular weight excluding hydrogens is 492 g/mol. The molecule has 3 heterocycles. The third-order valence-electron chi connectivity index (χ3n) is 7.88. The number of para-hydroxylation sites is 2. The van der Waals surface area contributed by atoms with E-state index in [9.17, 15) is 19.5 Å². The van der Waals surface area contributed by atoms with E-state index in [0.717, 1.165) is 34.3 Å². The Morgan fingerprint density at radius 3 is 2.51 bits per heavy atom. The molecule has 0 spiro atoms. The number of aromatic nitrogens is 1. The highest BCUT2D eigenvalue weighted by Gasteiger charge is 2.42. The second kappa shape index (κ2) is 9.94. The van der Waals surface area contributed by atoms with Crippen molar-refractivity contribution >= 4 is 34.4 Å². The van der Waals surface area contributed by atoms with E-state index < -0.39 is 12.0 Å². The Bertz CT molecular complexity index is 1580. The molecule has 2 aliphatic heterocycles. The number of benzene rings is 3. The van der Waals surface area contributed by atoms with Gasteiger partial charge in [-0.3, -0.25) is 9.59 Å². The van der Waals surface area contributed by atoms with Crippen LogP contribution >= 0.6 is 0 Å². The summed E-state index contributed by atoms with van der Waals surface area (Å²) in [7, 11) is 2.01. The molecular formula is C31H30N4O4.